The SMILES string of the molecule is [C-]#[N+]c1cccc(C(F)(F)F)c1-c1c(-n2c3ccccc3c3ccc(C)cc32)cc(C#N)cc1-n1c2ccccc2c2ccc(C)cc21. The van der Waals surface area contributed by atoms with Crippen molar-refractivity contribution in [1.82, 2.24) is 9.13 Å². The minimum atomic E-state index is -4.77. The topological polar surface area (TPSA) is 38.0 Å². The van der Waals surface area contributed by atoms with Crippen LogP contribution in [-0.4, -0.2) is 9.13 Å². The molecule has 0 aliphatic carbocycles. The molecule has 7 heteroatoms. The maximum absolute atomic E-state index is 15.1. The summed E-state index contributed by atoms with van der Waals surface area (Å²) in [6.07, 6.45) is -4.77. The molecule has 8 aromatic rings. The summed E-state index contributed by atoms with van der Waals surface area (Å²) in [6, 6.07) is 36.9. The zero-order valence-corrected chi connectivity index (χ0v) is 25.9. The standard InChI is InChI=1S/C41H25F3N4/c1-24-15-17-29-27-9-4-6-13-33(27)47(35(29)19-24)37-21-26(23-45)22-38(40(37)39-31(41(42,43)44)11-8-12-32(39)46-3)48-34-14-7-5-10-28(34)30-18-16-25(2)20-36(30)48/h4-22H,1-2H3. The van der Waals surface area contributed by atoms with Crippen molar-refractivity contribution in [2.45, 2.75) is 20.0 Å². The molecular formula is C41H25F3N4. The summed E-state index contributed by atoms with van der Waals surface area (Å²) in [4.78, 5) is 3.65. The number of fused-ring (bicyclic) bond motifs is 6. The van der Waals surface area contributed by atoms with Gasteiger partial charge in [0.05, 0.1) is 57.2 Å². The smallest absolute Gasteiger partial charge is 0.309 e. The zero-order valence-electron chi connectivity index (χ0n) is 25.9. The van der Waals surface area contributed by atoms with Crippen LogP contribution in [0.4, 0.5) is 18.9 Å². The Morgan fingerprint density at radius 1 is 0.604 bits per heavy atom. The first kappa shape index (κ1) is 29.1. The second-order valence-electron chi connectivity index (χ2n) is 12.1. The average Bonchev–Trinajstić information content (AvgIpc) is 3.58. The molecule has 0 saturated heterocycles. The predicted molar refractivity (Wildman–Crippen MR) is 186 cm³/mol. The number of nitrogens with zero attached hydrogens (tertiary/aromatic N) is 4. The second kappa shape index (κ2) is 10.6. The number of alkyl halides is 3. The van der Waals surface area contributed by atoms with Crippen molar-refractivity contribution >= 4 is 49.3 Å². The summed E-state index contributed by atoms with van der Waals surface area (Å²) in [5.41, 5.74) is 5.00. The van der Waals surface area contributed by atoms with E-state index < -0.39 is 11.7 Å². The molecule has 0 aliphatic heterocycles. The van der Waals surface area contributed by atoms with E-state index in [-0.39, 0.29) is 22.4 Å². The molecule has 0 radical (unpaired) electrons. The molecule has 4 nitrogen and oxygen atoms in total. The molecule has 0 amide bonds. The molecular weight excluding hydrogens is 605 g/mol. The number of halogens is 3. The van der Waals surface area contributed by atoms with Gasteiger partial charge in [-0.1, -0.05) is 78.9 Å². The largest absolute Gasteiger partial charge is 0.415 e. The van der Waals surface area contributed by atoms with E-state index in [1.165, 1.54) is 12.1 Å². The van der Waals surface area contributed by atoms with Crippen molar-refractivity contribution < 1.29 is 13.2 Å². The van der Waals surface area contributed by atoms with E-state index in [9.17, 15) is 5.26 Å². The first-order chi connectivity index (χ1) is 23.2. The number of benzene rings is 6. The molecule has 0 saturated carbocycles. The Labute approximate surface area is 273 Å². The lowest BCUT2D eigenvalue weighted by Crippen LogP contribution is -2.11. The van der Waals surface area contributed by atoms with Gasteiger partial charge < -0.3 is 9.13 Å². The molecule has 2 heterocycles. The highest BCUT2D eigenvalue weighted by atomic mass is 19.4. The van der Waals surface area contributed by atoms with Crippen LogP contribution in [0.1, 0.15) is 22.3 Å². The molecule has 0 N–H and O–H groups in total. The summed E-state index contributed by atoms with van der Waals surface area (Å²) in [5, 5.41) is 14.2. The van der Waals surface area contributed by atoms with Crippen molar-refractivity contribution in [2.24, 2.45) is 0 Å². The Kier molecular flexibility index (Phi) is 6.44. The maximum atomic E-state index is 15.1. The number of hydrogen-bond acceptors (Lipinski definition) is 1. The van der Waals surface area contributed by atoms with Gasteiger partial charge in [0.15, 0.2) is 5.69 Å². The predicted octanol–water partition coefficient (Wildman–Crippen LogP) is 11.6. The molecule has 48 heavy (non-hydrogen) atoms. The van der Waals surface area contributed by atoms with Gasteiger partial charge in [-0.2, -0.15) is 18.4 Å². The van der Waals surface area contributed by atoms with Crippen LogP contribution in [0.5, 0.6) is 0 Å². The van der Waals surface area contributed by atoms with Gasteiger partial charge >= 0.3 is 6.18 Å². The Morgan fingerprint density at radius 3 is 1.58 bits per heavy atom. The lowest BCUT2D eigenvalue weighted by Gasteiger charge is -2.24. The first-order valence-electron chi connectivity index (χ1n) is 15.4. The van der Waals surface area contributed by atoms with E-state index >= 15 is 13.2 Å². The third-order valence-electron chi connectivity index (χ3n) is 9.08. The van der Waals surface area contributed by atoms with Crippen molar-refractivity contribution in [3.8, 4) is 28.6 Å². The molecule has 0 fully saturated rings. The van der Waals surface area contributed by atoms with Gasteiger partial charge in [0.2, 0.25) is 0 Å². The normalized spacial score (nSPS) is 11.8. The quantitative estimate of drug-likeness (QED) is 0.179. The average molecular weight is 631 g/mol. The number of para-hydroxylation sites is 2. The minimum Gasteiger partial charge on any atom is -0.309 e. The van der Waals surface area contributed by atoms with Crippen LogP contribution >= 0.6 is 0 Å². The zero-order chi connectivity index (χ0) is 33.3. The van der Waals surface area contributed by atoms with Crippen LogP contribution in [0.2, 0.25) is 0 Å². The lowest BCUT2D eigenvalue weighted by molar-refractivity contribution is -0.137. The van der Waals surface area contributed by atoms with Crippen LogP contribution in [0.3, 0.4) is 0 Å². The molecule has 0 bridgehead atoms. The van der Waals surface area contributed by atoms with Gasteiger partial charge in [-0.05, 0) is 61.4 Å². The van der Waals surface area contributed by atoms with E-state index in [1.54, 1.807) is 12.1 Å². The van der Waals surface area contributed by atoms with Crippen molar-refractivity contribution in [1.29, 1.82) is 5.26 Å². The fourth-order valence-electron chi connectivity index (χ4n) is 7.10. The van der Waals surface area contributed by atoms with Gasteiger partial charge in [0.25, 0.3) is 0 Å². The van der Waals surface area contributed by atoms with Crippen LogP contribution in [0.15, 0.2) is 115 Å². The Morgan fingerprint density at radius 2 is 1.10 bits per heavy atom. The summed E-state index contributed by atoms with van der Waals surface area (Å²) in [6.45, 7) is 12.0. The summed E-state index contributed by atoms with van der Waals surface area (Å²) in [5.74, 6) is 0. The molecule has 0 spiro atoms. The van der Waals surface area contributed by atoms with Crippen molar-refractivity contribution in [3.05, 3.63) is 149 Å². The van der Waals surface area contributed by atoms with E-state index in [0.717, 1.165) is 60.8 Å². The van der Waals surface area contributed by atoms with Gasteiger partial charge in [0, 0.05) is 32.7 Å². The van der Waals surface area contributed by atoms with Gasteiger partial charge in [-0.3, -0.25) is 0 Å². The van der Waals surface area contributed by atoms with Crippen molar-refractivity contribution in [2.75, 3.05) is 0 Å². The van der Waals surface area contributed by atoms with Crippen LogP contribution in [0, 0.1) is 31.8 Å². The highest BCUT2D eigenvalue weighted by Crippen LogP contribution is 2.49. The van der Waals surface area contributed by atoms with E-state index in [4.69, 9.17) is 6.57 Å². The van der Waals surface area contributed by atoms with E-state index in [2.05, 4.69) is 10.9 Å². The number of hydrogen-bond donors (Lipinski definition) is 0. The van der Waals surface area contributed by atoms with Gasteiger partial charge in [0.1, 0.15) is 0 Å². The monoisotopic (exact) mass is 630 g/mol. The molecule has 0 aliphatic rings. The highest BCUT2D eigenvalue weighted by Gasteiger charge is 2.37. The molecule has 0 unspecified atom stereocenters. The third-order valence-corrected chi connectivity index (χ3v) is 9.08. The summed E-state index contributed by atoms with van der Waals surface area (Å²) >= 11 is 0. The number of aryl methyl sites for hydroxylation is 2. The van der Waals surface area contributed by atoms with Crippen molar-refractivity contribution in [3.63, 3.8) is 0 Å². The molecule has 230 valence electrons. The number of nitriles is 1. The first-order valence-corrected chi connectivity index (χ1v) is 15.4. The van der Waals surface area contributed by atoms with Gasteiger partial charge in [-0.25, -0.2) is 4.85 Å². The number of rotatable bonds is 3. The van der Waals surface area contributed by atoms with Crippen LogP contribution in [0.25, 0.3) is 71.0 Å². The summed E-state index contributed by atoms with van der Waals surface area (Å²) in [7, 11) is 0. The molecule has 0 atom stereocenters. The van der Waals surface area contributed by atoms with E-state index in [1.807, 2.05) is 108 Å². The third kappa shape index (κ3) is 4.29. The lowest BCUT2D eigenvalue weighted by atomic mass is 9.92. The second-order valence-corrected chi connectivity index (χ2v) is 12.1. The molecule has 6 aromatic carbocycles. The number of aromatic nitrogens is 2. The fourth-order valence-corrected chi connectivity index (χ4v) is 7.10. The highest BCUT2D eigenvalue weighted by molar-refractivity contribution is 6.12. The maximum Gasteiger partial charge on any atom is 0.415 e. The fraction of sp³-hybridized carbons (Fsp3) is 0.0732. The van der Waals surface area contributed by atoms with E-state index in [0.29, 0.717) is 11.4 Å². The Bertz CT molecular complexity index is 2570. The molecule has 2 aromatic heterocycles. The summed E-state index contributed by atoms with van der Waals surface area (Å²) < 4.78 is 49.2. The Hall–Kier alpha value is -6.31. The van der Waals surface area contributed by atoms with Crippen LogP contribution < -0.4 is 0 Å². The Balaban J connectivity index is 1.68. The minimum absolute atomic E-state index is 0.133. The van der Waals surface area contributed by atoms with Crippen LogP contribution in [-0.2, 0) is 6.18 Å². The molecule has 8 rings (SSSR count). The van der Waals surface area contributed by atoms with Gasteiger partial charge in [-0.15, -0.1) is 0 Å².